The number of halogens is 1. The molecule has 1 aromatic carbocycles. The zero-order valence-corrected chi connectivity index (χ0v) is 19.2. The average Bonchev–Trinajstić information content (AvgIpc) is 3.03. The minimum Gasteiger partial charge on any atom is -0.325 e. The van der Waals surface area contributed by atoms with Crippen LogP contribution in [0.2, 0.25) is 0 Å². The van der Waals surface area contributed by atoms with Crippen LogP contribution in [-0.4, -0.2) is 15.5 Å². The second-order valence-corrected chi connectivity index (χ2v) is 10.7. The number of hydrogen-bond donors (Lipinski definition) is 1. The molecule has 7 heteroatoms. The van der Waals surface area contributed by atoms with E-state index in [0.717, 1.165) is 34.1 Å². The SMILES string of the molecule is CC(C)(C)[C@H]1CCc2c(sc3ncn(CC(=O)Nc4ccc(Br)cc4)c(=O)c23)C1. The highest BCUT2D eigenvalue weighted by molar-refractivity contribution is 9.10. The number of benzene rings is 1. The second kappa shape index (κ2) is 7.69. The molecule has 3 aromatic rings. The number of anilines is 1. The Morgan fingerprint density at radius 1 is 1.31 bits per heavy atom. The maximum Gasteiger partial charge on any atom is 0.262 e. The van der Waals surface area contributed by atoms with Crippen LogP contribution in [0.25, 0.3) is 10.2 Å². The first-order valence-electron chi connectivity index (χ1n) is 9.77. The van der Waals surface area contributed by atoms with Crippen LogP contribution in [0, 0.1) is 11.3 Å². The first-order valence-corrected chi connectivity index (χ1v) is 11.4. The van der Waals surface area contributed by atoms with Crippen molar-refractivity contribution in [2.24, 2.45) is 11.3 Å². The molecule has 2 aromatic heterocycles. The molecular weight excluding hydrogens is 450 g/mol. The Labute approximate surface area is 182 Å². The van der Waals surface area contributed by atoms with Crippen molar-refractivity contribution in [3.05, 3.63) is 55.9 Å². The Morgan fingerprint density at radius 2 is 2.03 bits per heavy atom. The largest absolute Gasteiger partial charge is 0.325 e. The lowest BCUT2D eigenvalue weighted by molar-refractivity contribution is -0.116. The van der Waals surface area contributed by atoms with E-state index in [1.165, 1.54) is 15.8 Å². The van der Waals surface area contributed by atoms with Crippen molar-refractivity contribution >= 4 is 49.1 Å². The van der Waals surface area contributed by atoms with Crippen LogP contribution in [0.4, 0.5) is 5.69 Å². The van der Waals surface area contributed by atoms with Gasteiger partial charge < -0.3 is 5.32 Å². The van der Waals surface area contributed by atoms with Crippen LogP contribution >= 0.6 is 27.3 Å². The molecule has 0 unspecified atom stereocenters. The van der Waals surface area contributed by atoms with Crippen LogP contribution < -0.4 is 10.9 Å². The smallest absolute Gasteiger partial charge is 0.262 e. The average molecular weight is 474 g/mol. The van der Waals surface area contributed by atoms with Crippen molar-refractivity contribution in [1.29, 1.82) is 0 Å². The van der Waals surface area contributed by atoms with Crippen LogP contribution in [0.15, 0.2) is 39.9 Å². The number of hydrogen-bond acceptors (Lipinski definition) is 4. The Bertz CT molecular complexity index is 1130. The molecule has 0 aliphatic heterocycles. The number of nitrogens with zero attached hydrogens (tertiary/aromatic N) is 2. The number of aromatic nitrogens is 2. The van der Waals surface area contributed by atoms with Crippen molar-refractivity contribution in [3.8, 4) is 0 Å². The molecule has 0 spiro atoms. The van der Waals surface area contributed by atoms with Crippen LogP contribution in [0.3, 0.4) is 0 Å². The zero-order chi connectivity index (χ0) is 20.8. The molecule has 5 nitrogen and oxygen atoms in total. The lowest BCUT2D eigenvalue weighted by Crippen LogP contribution is -2.29. The molecule has 0 saturated heterocycles. The summed E-state index contributed by atoms with van der Waals surface area (Å²) in [6.45, 7) is 6.80. The summed E-state index contributed by atoms with van der Waals surface area (Å²) < 4.78 is 2.36. The number of nitrogens with one attached hydrogen (secondary N) is 1. The number of thiophene rings is 1. The van der Waals surface area contributed by atoms with Crippen molar-refractivity contribution in [2.75, 3.05) is 5.32 Å². The fourth-order valence-electron chi connectivity index (χ4n) is 3.94. The summed E-state index contributed by atoms with van der Waals surface area (Å²) >= 11 is 5.01. The van der Waals surface area contributed by atoms with E-state index in [1.54, 1.807) is 11.3 Å². The molecule has 2 heterocycles. The van der Waals surface area contributed by atoms with Gasteiger partial charge in [0.15, 0.2) is 0 Å². The first-order chi connectivity index (χ1) is 13.7. The van der Waals surface area contributed by atoms with Gasteiger partial charge >= 0.3 is 0 Å². The van der Waals surface area contributed by atoms with Gasteiger partial charge in [-0.3, -0.25) is 14.2 Å². The molecule has 0 saturated carbocycles. The molecule has 0 bridgehead atoms. The molecule has 1 atom stereocenters. The van der Waals surface area contributed by atoms with Gasteiger partial charge in [0.25, 0.3) is 5.56 Å². The van der Waals surface area contributed by atoms with E-state index in [0.29, 0.717) is 17.0 Å². The standard InChI is InChI=1S/C22H24BrN3O2S/c1-22(2,3)13-4-9-16-17(10-13)29-20-19(16)21(28)26(12-24-20)11-18(27)25-15-7-5-14(23)6-8-15/h5-8,12-13H,4,9-11H2,1-3H3,(H,25,27)/t13-/m0/s1. The van der Waals surface area contributed by atoms with E-state index in [9.17, 15) is 9.59 Å². The maximum atomic E-state index is 13.1. The molecule has 0 fully saturated rings. The second-order valence-electron chi connectivity index (χ2n) is 8.72. The van der Waals surface area contributed by atoms with E-state index in [-0.39, 0.29) is 23.4 Å². The van der Waals surface area contributed by atoms with Gasteiger partial charge in [-0.25, -0.2) is 4.98 Å². The van der Waals surface area contributed by atoms with E-state index in [4.69, 9.17) is 0 Å². The molecule has 152 valence electrons. The monoisotopic (exact) mass is 473 g/mol. The van der Waals surface area contributed by atoms with Gasteiger partial charge in [0.05, 0.1) is 11.7 Å². The predicted octanol–water partition coefficient (Wildman–Crippen LogP) is 5.01. The van der Waals surface area contributed by atoms with Gasteiger partial charge in [0.2, 0.25) is 5.91 Å². The van der Waals surface area contributed by atoms with Gasteiger partial charge in [-0.1, -0.05) is 36.7 Å². The summed E-state index contributed by atoms with van der Waals surface area (Å²) in [4.78, 5) is 32.1. The fourth-order valence-corrected chi connectivity index (χ4v) is 5.46. The van der Waals surface area contributed by atoms with E-state index < -0.39 is 0 Å². The minimum absolute atomic E-state index is 0.0485. The number of fused-ring (bicyclic) bond motifs is 3. The third-order valence-corrected chi connectivity index (χ3v) is 7.39. The number of amides is 1. The first kappa shape index (κ1) is 20.3. The topological polar surface area (TPSA) is 64.0 Å². The van der Waals surface area contributed by atoms with Crippen molar-refractivity contribution in [1.82, 2.24) is 9.55 Å². The predicted molar refractivity (Wildman–Crippen MR) is 122 cm³/mol. The number of carbonyl (C=O) groups is 1. The number of aryl methyl sites for hydroxylation is 1. The lowest BCUT2D eigenvalue weighted by Gasteiger charge is -2.33. The third-order valence-electron chi connectivity index (χ3n) is 5.70. The van der Waals surface area contributed by atoms with E-state index >= 15 is 0 Å². The van der Waals surface area contributed by atoms with Gasteiger partial charge in [-0.15, -0.1) is 11.3 Å². The summed E-state index contributed by atoms with van der Waals surface area (Å²) in [7, 11) is 0. The molecule has 1 aliphatic rings. The number of carbonyl (C=O) groups excluding carboxylic acids is 1. The van der Waals surface area contributed by atoms with Gasteiger partial charge in [0.1, 0.15) is 11.4 Å². The van der Waals surface area contributed by atoms with Crippen LogP contribution in [0.5, 0.6) is 0 Å². The normalized spacial score (nSPS) is 16.6. The van der Waals surface area contributed by atoms with E-state index in [1.807, 2.05) is 24.3 Å². The molecule has 0 radical (unpaired) electrons. The molecule has 29 heavy (non-hydrogen) atoms. The molecule has 1 amide bonds. The van der Waals surface area contributed by atoms with Crippen LogP contribution in [-0.2, 0) is 24.2 Å². The third kappa shape index (κ3) is 4.16. The van der Waals surface area contributed by atoms with Crippen molar-refractivity contribution in [2.45, 2.75) is 46.6 Å². The summed E-state index contributed by atoms with van der Waals surface area (Å²) in [5.74, 6) is 0.370. The highest BCUT2D eigenvalue weighted by atomic mass is 79.9. The van der Waals surface area contributed by atoms with Crippen molar-refractivity contribution < 1.29 is 4.79 Å². The summed E-state index contributed by atoms with van der Waals surface area (Å²) in [5.41, 5.74) is 1.98. The summed E-state index contributed by atoms with van der Waals surface area (Å²) in [6, 6.07) is 7.34. The van der Waals surface area contributed by atoms with Gasteiger partial charge in [-0.2, -0.15) is 0 Å². The van der Waals surface area contributed by atoms with Crippen molar-refractivity contribution in [3.63, 3.8) is 0 Å². The molecule has 1 aliphatic carbocycles. The summed E-state index contributed by atoms with van der Waals surface area (Å²) in [6.07, 6.45) is 4.49. The maximum absolute atomic E-state index is 13.1. The molecular formula is C22H24BrN3O2S. The fraction of sp³-hybridized carbons (Fsp3) is 0.409. The molecule has 1 N–H and O–H groups in total. The summed E-state index contributed by atoms with van der Waals surface area (Å²) in [5, 5.41) is 3.53. The Morgan fingerprint density at radius 3 is 2.72 bits per heavy atom. The minimum atomic E-state index is -0.243. The Balaban J connectivity index is 1.59. The lowest BCUT2D eigenvalue weighted by atomic mass is 9.72. The number of rotatable bonds is 3. The highest BCUT2D eigenvalue weighted by Gasteiger charge is 2.31. The Hall–Kier alpha value is -1.99. The van der Waals surface area contributed by atoms with Crippen LogP contribution in [0.1, 0.15) is 37.6 Å². The Kier molecular flexibility index (Phi) is 5.38. The highest BCUT2D eigenvalue weighted by Crippen LogP contribution is 2.41. The van der Waals surface area contributed by atoms with E-state index in [2.05, 4.69) is 47.0 Å². The molecule has 4 rings (SSSR count). The zero-order valence-electron chi connectivity index (χ0n) is 16.8. The van der Waals surface area contributed by atoms with Gasteiger partial charge in [-0.05, 0) is 60.4 Å². The quantitative estimate of drug-likeness (QED) is 0.581. The van der Waals surface area contributed by atoms with Gasteiger partial charge in [0, 0.05) is 15.0 Å².